The molecule has 0 unspecified atom stereocenters. The predicted octanol–water partition coefficient (Wildman–Crippen LogP) is 2.56. The summed E-state index contributed by atoms with van der Waals surface area (Å²) in [6.45, 7) is 2.21. The molecule has 0 aliphatic heterocycles. The van der Waals surface area contributed by atoms with Crippen LogP contribution in [0.3, 0.4) is 0 Å². The lowest BCUT2D eigenvalue weighted by Gasteiger charge is -2.08. The standard InChI is InChI=1S/C13H22O2/c1-2-3-4-5-6-7-8-11-9-10-12(14)13(11)15/h8-10,12-15H,2-7H2,1H3/b11-8-/t12-,13+/m0/s1. The maximum Gasteiger partial charge on any atom is 0.108 e. The zero-order chi connectivity index (χ0) is 11.1. The van der Waals surface area contributed by atoms with Crippen LogP contribution < -0.4 is 0 Å². The zero-order valence-electron chi connectivity index (χ0n) is 9.52. The summed E-state index contributed by atoms with van der Waals surface area (Å²) in [6, 6.07) is 0. The van der Waals surface area contributed by atoms with Gasteiger partial charge < -0.3 is 10.2 Å². The largest absolute Gasteiger partial charge is 0.386 e. The van der Waals surface area contributed by atoms with Crippen molar-refractivity contribution in [2.24, 2.45) is 0 Å². The van der Waals surface area contributed by atoms with E-state index in [-0.39, 0.29) is 0 Å². The molecule has 2 atom stereocenters. The van der Waals surface area contributed by atoms with Crippen LogP contribution in [-0.2, 0) is 0 Å². The molecule has 1 aliphatic carbocycles. The Morgan fingerprint density at radius 3 is 2.53 bits per heavy atom. The minimum absolute atomic E-state index is 0.694. The summed E-state index contributed by atoms with van der Waals surface area (Å²) < 4.78 is 0. The molecule has 2 heteroatoms. The average Bonchev–Trinajstić information content (AvgIpc) is 2.54. The summed E-state index contributed by atoms with van der Waals surface area (Å²) in [5.41, 5.74) is 0.873. The molecule has 15 heavy (non-hydrogen) atoms. The Morgan fingerprint density at radius 2 is 1.93 bits per heavy atom. The average molecular weight is 210 g/mol. The van der Waals surface area contributed by atoms with Crippen LogP contribution in [0.25, 0.3) is 0 Å². The van der Waals surface area contributed by atoms with Crippen LogP contribution in [0.4, 0.5) is 0 Å². The Bertz CT molecular complexity index is 231. The first-order chi connectivity index (χ1) is 7.25. The highest BCUT2D eigenvalue weighted by Crippen LogP contribution is 2.19. The van der Waals surface area contributed by atoms with E-state index in [0.717, 1.165) is 12.0 Å². The fourth-order valence-electron chi connectivity index (χ4n) is 1.82. The van der Waals surface area contributed by atoms with Gasteiger partial charge in [-0.15, -0.1) is 0 Å². The molecule has 1 rings (SSSR count). The molecule has 0 aromatic heterocycles. The van der Waals surface area contributed by atoms with E-state index in [2.05, 4.69) is 6.92 Å². The SMILES string of the molecule is CCCCCCC/C=C1/C=C[C@H](O)[C@@H]1O. The van der Waals surface area contributed by atoms with Gasteiger partial charge in [0.25, 0.3) is 0 Å². The van der Waals surface area contributed by atoms with E-state index in [1.54, 1.807) is 6.08 Å². The van der Waals surface area contributed by atoms with Gasteiger partial charge in [-0.1, -0.05) is 50.8 Å². The second-order valence-corrected chi connectivity index (χ2v) is 4.20. The Kier molecular flexibility index (Phi) is 5.66. The lowest BCUT2D eigenvalue weighted by atomic mass is 10.1. The maximum absolute atomic E-state index is 9.52. The molecule has 0 aromatic rings. The molecule has 0 heterocycles. The van der Waals surface area contributed by atoms with Crippen LogP contribution in [0, 0.1) is 0 Å². The second kappa shape index (κ2) is 6.81. The van der Waals surface area contributed by atoms with Gasteiger partial charge in [0, 0.05) is 0 Å². The fourth-order valence-corrected chi connectivity index (χ4v) is 1.82. The first-order valence-corrected chi connectivity index (χ1v) is 6.00. The van der Waals surface area contributed by atoms with Gasteiger partial charge in [-0.25, -0.2) is 0 Å². The lowest BCUT2D eigenvalue weighted by Crippen LogP contribution is -2.20. The summed E-state index contributed by atoms with van der Waals surface area (Å²) in [7, 11) is 0. The van der Waals surface area contributed by atoms with E-state index < -0.39 is 12.2 Å². The number of hydrogen-bond donors (Lipinski definition) is 2. The molecule has 86 valence electrons. The van der Waals surface area contributed by atoms with Gasteiger partial charge in [0.05, 0.1) is 0 Å². The highest BCUT2D eigenvalue weighted by molar-refractivity contribution is 5.32. The molecule has 1 aliphatic rings. The van der Waals surface area contributed by atoms with Crippen LogP contribution in [0.1, 0.15) is 45.4 Å². The predicted molar refractivity (Wildman–Crippen MR) is 62.6 cm³/mol. The van der Waals surface area contributed by atoms with Gasteiger partial charge in [0.2, 0.25) is 0 Å². The summed E-state index contributed by atoms with van der Waals surface area (Å²) in [6.07, 6.45) is 11.5. The minimum atomic E-state index is -0.698. The Hall–Kier alpha value is -0.600. The van der Waals surface area contributed by atoms with Crippen molar-refractivity contribution >= 4 is 0 Å². The smallest absolute Gasteiger partial charge is 0.108 e. The van der Waals surface area contributed by atoms with Crippen molar-refractivity contribution in [2.45, 2.75) is 57.7 Å². The second-order valence-electron chi connectivity index (χ2n) is 4.20. The monoisotopic (exact) mass is 210 g/mol. The number of unbranched alkanes of at least 4 members (excludes halogenated alkanes) is 5. The van der Waals surface area contributed by atoms with E-state index in [0.29, 0.717) is 0 Å². The third kappa shape index (κ3) is 4.18. The summed E-state index contributed by atoms with van der Waals surface area (Å²) in [5, 5.41) is 18.8. The van der Waals surface area contributed by atoms with Gasteiger partial charge >= 0.3 is 0 Å². The molecule has 2 N–H and O–H groups in total. The molecule has 0 saturated carbocycles. The van der Waals surface area contributed by atoms with Crippen LogP contribution in [0.2, 0.25) is 0 Å². The molecule has 0 bridgehead atoms. The van der Waals surface area contributed by atoms with Gasteiger partial charge in [-0.2, -0.15) is 0 Å². The number of rotatable bonds is 6. The normalized spacial score (nSPS) is 27.8. The van der Waals surface area contributed by atoms with Crippen LogP contribution in [0.15, 0.2) is 23.8 Å². The summed E-state index contributed by atoms with van der Waals surface area (Å²) in [5.74, 6) is 0. The molecule has 0 radical (unpaired) electrons. The van der Waals surface area contributed by atoms with E-state index in [9.17, 15) is 10.2 Å². The number of aliphatic hydroxyl groups is 2. The first-order valence-electron chi connectivity index (χ1n) is 6.00. The third-order valence-corrected chi connectivity index (χ3v) is 2.84. The van der Waals surface area contributed by atoms with Crippen LogP contribution in [-0.4, -0.2) is 22.4 Å². The molecule has 0 saturated heterocycles. The van der Waals surface area contributed by atoms with Crippen molar-refractivity contribution in [2.75, 3.05) is 0 Å². The molecule has 0 spiro atoms. The van der Waals surface area contributed by atoms with E-state index >= 15 is 0 Å². The fraction of sp³-hybridized carbons (Fsp3) is 0.692. The molecule has 2 nitrogen and oxygen atoms in total. The lowest BCUT2D eigenvalue weighted by molar-refractivity contribution is 0.0825. The maximum atomic E-state index is 9.52. The molecule has 0 amide bonds. The molecular formula is C13H22O2. The van der Waals surface area contributed by atoms with Crippen molar-refractivity contribution in [1.29, 1.82) is 0 Å². The quantitative estimate of drug-likeness (QED) is 0.661. The molecular weight excluding hydrogens is 188 g/mol. The number of hydrogen-bond acceptors (Lipinski definition) is 2. The topological polar surface area (TPSA) is 40.5 Å². The van der Waals surface area contributed by atoms with E-state index in [1.165, 1.54) is 32.1 Å². The number of allylic oxidation sites excluding steroid dienone is 1. The highest BCUT2D eigenvalue weighted by atomic mass is 16.3. The van der Waals surface area contributed by atoms with Crippen molar-refractivity contribution in [1.82, 2.24) is 0 Å². The van der Waals surface area contributed by atoms with Gasteiger partial charge in [0.1, 0.15) is 12.2 Å². The van der Waals surface area contributed by atoms with Gasteiger partial charge in [-0.05, 0) is 18.4 Å². The van der Waals surface area contributed by atoms with Crippen molar-refractivity contribution in [3.8, 4) is 0 Å². The van der Waals surface area contributed by atoms with Crippen molar-refractivity contribution < 1.29 is 10.2 Å². The molecule has 0 fully saturated rings. The third-order valence-electron chi connectivity index (χ3n) is 2.84. The Labute approximate surface area is 92.3 Å². The van der Waals surface area contributed by atoms with Gasteiger partial charge in [-0.3, -0.25) is 0 Å². The Morgan fingerprint density at radius 1 is 1.20 bits per heavy atom. The Balaban J connectivity index is 2.13. The van der Waals surface area contributed by atoms with Gasteiger partial charge in [0.15, 0.2) is 0 Å². The summed E-state index contributed by atoms with van der Waals surface area (Å²) >= 11 is 0. The first kappa shape index (κ1) is 12.5. The van der Waals surface area contributed by atoms with Crippen LogP contribution in [0.5, 0.6) is 0 Å². The zero-order valence-corrected chi connectivity index (χ0v) is 9.52. The van der Waals surface area contributed by atoms with E-state index in [1.807, 2.05) is 12.2 Å². The van der Waals surface area contributed by atoms with Crippen molar-refractivity contribution in [3.05, 3.63) is 23.8 Å². The molecule has 0 aromatic carbocycles. The highest BCUT2D eigenvalue weighted by Gasteiger charge is 2.21. The van der Waals surface area contributed by atoms with Crippen LogP contribution >= 0.6 is 0 Å². The van der Waals surface area contributed by atoms with E-state index in [4.69, 9.17) is 0 Å². The minimum Gasteiger partial charge on any atom is -0.386 e. The summed E-state index contributed by atoms with van der Waals surface area (Å²) in [4.78, 5) is 0. The van der Waals surface area contributed by atoms with Crippen molar-refractivity contribution in [3.63, 3.8) is 0 Å². The number of aliphatic hydroxyl groups excluding tert-OH is 2.